The molecule has 0 saturated heterocycles. The van der Waals surface area contributed by atoms with Crippen LogP contribution in [0, 0.1) is 5.41 Å². The van der Waals surface area contributed by atoms with Crippen LogP contribution in [0.15, 0.2) is 53.6 Å². The van der Waals surface area contributed by atoms with Crippen LogP contribution in [-0.4, -0.2) is 17.9 Å². The van der Waals surface area contributed by atoms with E-state index in [9.17, 15) is 9.59 Å². The minimum Gasteiger partial charge on any atom is -0.350 e. The first kappa shape index (κ1) is 17.0. The molecule has 23 heavy (non-hydrogen) atoms. The summed E-state index contributed by atoms with van der Waals surface area (Å²) < 4.78 is 0. The summed E-state index contributed by atoms with van der Waals surface area (Å²) in [4.78, 5) is 24.7. The number of rotatable bonds is 5. The molecule has 0 heterocycles. The number of amides is 2. The van der Waals surface area contributed by atoms with Crippen LogP contribution in [0.3, 0.4) is 0 Å². The summed E-state index contributed by atoms with van der Waals surface area (Å²) in [5.74, 6) is -0.139. The van der Waals surface area contributed by atoms with Crippen molar-refractivity contribution in [1.29, 1.82) is 0 Å². The third-order valence-corrected chi connectivity index (χ3v) is 3.98. The Kier molecular flexibility index (Phi) is 5.04. The van der Waals surface area contributed by atoms with E-state index in [-0.39, 0.29) is 17.9 Å². The fourth-order valence-electron chi connectivity index (χ4n) is 2.42. The maximum atomic E-state index is 12.6. The molecular formula is C19H24N2O2. The predicted octanol–water partition coefficient (Wildman–Crippen LogP) is 3.43. The van der Waals surface area contributed by atoms with Crippen molar-refractivity contribution in [2.75, 3.05) is 5.32 Å². The molecule has 0 spiro atoms. The number of carbonyl (C=O) groups is 2. The molecule has 2 amide bonds. The van der Waals surface area contributed by atoms with E-state index in [2.05, 4.69) is 10.6 Å². The highest BCUT2D eigenvalue weighted by Crippen LogP contribution is 2.36. The Labute approximate surface area is 137 Å². The summed E-state index contributed by atoms with van der Waals surface area (Å²) in [6.07, 6.45) is 4.21. The maximum Gasteiger partial charge on any atom is 0.247 e. The molecule has 0 aromatic heterocycles. The van der Waals surface area contributed by atoms with Crippen molar-refractivity contribution in [3.63, 3.8) is 0 Å². The molecule has 0 saturated carbocycles. The molecule has 1 aromatic carbocycles. The third kappa shape index (κ3) is 4.09. The maximum absolute atomic E-state index is 12.6. The first-order chi connectivity index (χ1) is 10.8. The quantitative estimate of drug-likeness (QED) is 0.875. The molecule has 2 N–H and O–H groups in total. The SMILES string of the molecule is CC(C)NC(=O)C1=CC=C(C(C)(C)C(=O)Nc2ccccc2)C1. The van der Waals surface area contributed by atoms with Crippen molar-refractivity contribution < 1.29 is 9.59 Å². The fraction of sp³-hybridized carbons (Fsp3) is 0.368. The predicted molar refractivity (Wildman–Crippen MR) is 92.9 cm³/mol. The largest absolute Gasteiger partial charge is 0.350 e. The zero-order chi connectivity index (χ0) is 17.0. The molecule has 4 heteroatoms. The van der Waals surface area contributed by atoms with E-state index >= 15 is 0 Å². The number of carbonyl (C=O) groups excluding carboxylic acids is 2. The van der Waals surface area contributed by atoms with Crippen LogP contribution in [0.1, 0.15) is 34.1 Å². The normalized spacial score (nSPS) is 14.3. The number of allylic oxidation sites excluding steroid dienone is 2. The van der Waals surface area contributed by atoms with Gasteiger partial charge in [-0.1, -0.05) is 35.9 Å². The van der Waals surface area contributed by atoms with Gasteiger partial charge < -0.3 is 10.6 Å². The van der Waals surface area contributed by atoms with Crippen LogP contribution in [0.2, 0.25) is 0 Å². The van der Waals surface area contributed by atoms with Crippen molar-refractivity contribution in [1.82, 2.24) is 5.32 Å². The highest BCUT2D eigenvalue weighted by molar-refractivity contribution is 5.99. The Morgan fingerprint density at radius 3 is 2.35 bits per heavy atom. The van der Waals surface area contributed by atoms with Crippen LogP contribution >= 0.6 is 0 Å². The third-order valence-electron chi connectivity index (χ3n) is 3.98. The molecule has 122 valence electrons. The number of hydrogen-bond acceptors (Lipinski definition) is 2. The number of hydrogen-bond donors (Lipinski definition) is 2. The molecule has 0 radical (unpaired) electrons. The first-order valence-corrected chi connectivity index (χ1v) is 7.88. The minimum absolute atomic E-state index is 0.0643. The van der Waals surface area contributed by atoms with Crippen LogP contribution < -0.4 is 10.6 Å². The van der Waals surface area contributed by atoms with E-state index in [1.165, 1.54) is 0 Å². The second-order valence-corrected chi connectivity index (χ2v) is 6.63. The number of benzene rings is 1. The number of nitrogens with one attached hydrogen (secondary N) is 2. The Bertz CT molecular complexity index is 655. The van der Waals surface area contributed by atoms with E-state index in [0.717, 1.165) is 11.3 Å². The van der Waals surface area contributed by atoms with Crippen molar-refractivity contribution in [2.45, 2.75) is 40.2 Å². The standard InChI is InChI=1S/C19H24N2O2/c1-13(2)20-17(22)14-10-11-15(12-14)19(3,4)18(23)21-16-8-6-5-7-9-16/h5-11,13H,12H2,1-4H3,(H,20,22)(H,21,23). The van der Waals surface area contributed by atoms with Crippen molar-refractivity contribution in [3.8, 4) is 0 Å². The van der Waals surface area contributed by atoms with Gasteiger partial charge >= 0.3 is 0 Å². The van der Waals surface area contributed by atoms with Gasteiger partial charge in [-0.05, 0) is 39.8 Å². The molecule has 2 rings (SSSR count). The summed E-state index contributed by atoms with van der Waals surface area (Å²) in [7, 11) is 0. The summed E-state index contributed by atoms with van der Waals surface area (Å²) in [5, 5.41) is 5.82. The lowest BCUT2D eigenvalue weighted by atomic mass is 9.81. The van der Waals surface area contributed by atoms with Crippen LogP contribution in [-0.2, 0) is 9.59 Å². The zero-order valence-electron chi connectivity index (χ0n) is 14.1. The van der Waals surface area contributed by atoms with Crippen LogP contribution in [0.4, 0.5) is 5.69 Å². The van der Waals surface area contributed by atoms with Gasteiger partial charge in [0.15, 0.2) is 0 Å². The van der Waals surface area contributed by atoms with Gasteiger partial charge in [0, 0.05) is 23.7 Å². The van der Waals surface area contributed by atoms with Gasteiger partial charge in [-0.2, -0.15) is 0 Å². The Hall–Kier alpha value is -2.36. The highest BCUT2D eigenvalue weighted by atomic mass is 16.2. The molecule has 1 aliphatic rings. The van der Waals surface area contributed by atoms with Crippen LogP contribution in [0.25, 0.3) is 0 Å². The van der Waals surface area contributed by atoms with E-state index in [0.29, 0.717) is 12.0 Å². The van der Waals surface area contributed by atoms with E-state index < -0.39 is 5.41 Å². The fourth-order valence-corrected chi connectivity index (χ4v) is 2.42. The number of anilines is 1. The Morgan fingerprint density at radius 2 is 1.74 bits per heavy atom. The van der Waals surface area contributed by atoms with Crippen LogP contribution in [0.5, 0.6) is 0 Å². The lowest BCUT2D eigenvalue weighted by Gasteiger charge is -2.26. The van der Waals surface area contributed by atoms with Gasteiger partial charge in [-0.25, -0.2) is 0 Å². The lowest BCUT2D eigenvalue weighted by Crippen LogP contribution is -2.34. The first-order valence-electron chi connectivity index (χ1n) is 7.88. The summed E-state index contributed by atoms with van der Waals surface area (Å²) in [6.45, 7) is 7.63. The smallest absolute Gasteiger partial charge is 0.247 e. The second-order valence-electron chi connectivity index (χ2n) is 6.63. The van der Waals surface area contributed by atoms with Gasteiger partial charge in [0.2, 0.25) is 11.8 Å². The molecule has 0 aliphatic heterocycles. The average molecular weight is 312 g/mol. The van der Waals surface area contributed by atoms with Crippen molar-refractivity contribution in [2.24, 2.45) is 5.41 Å². The van der Waals surface area contributed by atoms with Crippen molar-refractivity contribution in [3.05, 3.63) is 53.6 Å². The monoisotopic (exact) mass is 312 g/mol. The second kappa shape index (κ2) is 6.82. The zero-order valence-corrected chi connectivity index (χ0v) is 14.1. The molecule has 0 atom stereocenters. The number of para-hydroxylation sites is 1. The summed E-state index contributed by atoms with van der Waals surface area (Å²) in [6, 6.07) is 9.49. The van der Waals surface area contributed by atoms with Gasteiger partial charge in [-0.15, -0.1) is 0 Å². The molecule has 0 bridgehead atoms. The highest BCUT2D eigenvalue weighted by Gasteiger charge is 2.34. The van der Waals surface area contributed by atoms with Gasteiger partial charge in [0.05, 0.1) is 5.41 Å². The summed E-state index contributed by atoms with van der Waals surface area (Å²) in [5.41, 5.74) is 1.75. The van der Waals surface area contributed by atoms with Gasteiger partial charge in [-0.3, -0.25) is 9.59 Å². The minimum atomic E-state index is -0.674. The molecule has 4 nitrogen and oxygen atoms in total. The van der Waals surface area contributed by atoms with E-state index in [4.69, 9.17) is 0 Å². The topological polar surface area (TPSA) is 58.2 Å². The molecule has 0 fully saturated rings. The van der Waals surface area contributed by atoms with Gasteiger partial charge in [0.25, 0.3) is 0 Å². The van der Waals surface area contributed by atoms with E-state index in [1.807, 2.05) is 70.2 Å². The Balaban J connectivity index is 2.01. The molecule has 1 aromatic rings. The van der Waals surface area contributed by atoms with Crippen molar-refractivity contribution >= 4 is 17.5 Å². The van der Waals surface area contributed by atoms with Gasteiger partial charge in [0.1, 0.15) is 0 Å². The van der Waals surface area contributed by atoms with E-state index in [1.54, 1.807) is 0 Å². The lowest BCUT2D eigenvalue weighted by molar-refractivity contribution is -0.122. The average Bonchev–Trinajstić information content (AvgIpc) is 2.98. The Morgan fingerprint density at radius 1 is 1.09 bits per heavy atom. The summed E-state index contributed by atoms with van der Waals surface area (Å²) >= 11 is 0. The molecule has 1 aliphatic carbocycles. The molecule has 0 unspecified atom stereocenters. The molecular weight excluding hydrogens is 288 g/mol.